The minimum atomic E-state index is -0.397. The minimum absolute atomic E-state index is 0.0616. The van der Waals surface area contributed by atoms with E-state index in [9.17, 15) is 9.59 Å². The van der Waals surface area contributed by atoms with E-state index in [0.29, 0.717) is 36.0 Å². The molecule has 2 amide bonds. The summed E-state index contributed by atoms with van der Waals surface area (Å²) in [4.78, 5) is 25.8. The van der Waals surface area contributed by atoms with Crippen molar-refractivity contribution in [3.8, 4) is 5.75 Å². The molecular formula is C17H23ClN2O5. The molecule has 1 N–H and O–H groups in total. The number of carbonyl (C=O) groups is 2. The Labute approximate surface area is 152 Å². The average molecular weight is 371 g/mol. The summed E-state index contributed by atoms with van der Waals surface area (Å²) in [6, 6.07) is 4.59. The lowest BCUT2D eigenvalue weighted by molar-refractivity contribution is -0.140. The maximum absolute atomic E-state index is 12.6. The van der Waals surface area contributed by atoms with Gasteiger partial charge in [0.2, 0.25) is 5.91 Å². The monoisotopic (exact) mass is 370 g/mol. The lowest BCUT2D eigenvalue weighted by Gasteiger charge is -2.32. The molecule has 0 bridgehead atoms. The van der Waals surface area contributed by atoms with Crippen LogP contribution in [0, 0.1) is 0 Å². The van der Waals surface area contributed by atoms with Crippen molar-refractivity contribution in [2.45, 2.75) is 18.6 Å². The molecule has 1 aromatic rings. The van der Waals surface area contributed by atoms with Crippen molar-refractivity contribution < 1.29 is 23.8 Å². The summed E-state index contributed by atoms with van der Waals surface area (Å²) in [6.07, 6.45) is 0.196. The number of nitrogens with zero attached hydrogens (tertiary/aromatic N) is 1. The van der Waals surface area contributed by atoms with Crippen LogP contribution in [0.4, 0.5) is 0 Å². The first-order valence-corrected chi connectivity index (χ1v) is 8.34. The van der Waals surface area contributed by atoms with Crippen molar-refractivity contribution in [2.24, 2.45) is 0 Å². The highest BCUT2D eigenvalue weighted by atomic mass is 35.5. The first-order chi connectivity index (χ1) is 11.9. The predicted octanol–water partition coefficient (Wildman–Crippen LogP) is 1.34. The number of hydrogen-bond acceptors (Lipinski definition) is 5. The molecule has 7 nitrogen and oxygen atoms in total. The number of ether oxygens (including phenoxy) is 3. The van der Waals surface area contributed by atoms with Crippen LogP contribution < -0.4 is 10.1 Å². The molecule has 138 valence electrons. The van der Waals surface area contributed by atoms with E-state index < -0.39 is 6.10 Å². The molecule has 25 heavy (non-hydrogen) atoms. The van der Waals surface area contributed by atoms with Crippen LogP contribution in [0.25, 0.3) is 0 Å². The smallest absolute Gasteiger partial charge is 0.255 e. The van der Waals surface area contributed by atoms with Crippen LogP contribution in [0.5, 0.6) is 5.75 Å². The number of methoxy groups -OCH3 is 1. The number of amides is 2. The van der Waals surface area contributed by atoms with Crippen LogP contribution in [-0.4, -0.2) is 69.9 Å². The lowest BCUT2D eigenvalue weighted by atomic mass is 10.0. The Hall–Kier alpha value is -1.83. The van der Waals surface area contributed by atoms with Crippen molar-refractivity contribution >= 4 is 23.4 Å². The van der Waals surface area contributed by atoms with Gasteiger partial charge in [-0.3, -0.25) is 9.59 Å². The third kappa shape index (κ3) is 5.32. The summed E-state index contributed by atoms with van der Waals surface area (Å²) < 4.78 is 16.3. The third-order valence-corrected chi connectivity index (χ3v) is 4.18. The third-order valence-electron chi connectivity index (χ3n) is 3.95. The molecule has 0 spiro atoms. The average Bonchev–Trinajstić information content (AvgIpc) is 2.60. The van der Waals surface area contributed by atoms with E-state index in [2.05, 4.69) is 5.32 Å². The van der Waals surface area contributed by atoms with Gasteiger partial charge in [0.15, 0.2) is 0 Å². The quantitative estimate of drug-likeness (QED) is 0.817. The molecule has 0 radical (unpaired) electrons. The van der Waals surface area contributed by atoms with E-state index in [1.165, 1.54) is 12.0 Å². The van der Waals surface area contributed by atoms with Crippen LogP contribution in [0.1, 0.15) is 16.8 Å². The number of hydrogen-bond donors (Lipinski definition) is 1. The van der Waals surface area contributed by atoms with Gasteiger partial charge in [0.1, 0.15) is 18.5 Å². The maximum atomic E-state index is 12.6. The number of carbonyl (C=O) groups excluding carboxylic acids is 2. The largest absolute Gasteiger partial charge is 0.496 e. The Morgan fingerprint density at radius 3 is 2.84 bits per heavy atom. The highest BCUT2D eigenvalue weighted by molar-refractivity contribution is 6.31. The molecule has 1 fully saturated rings. The standard InChI is InChI=1S/C17H23ClN2O5/c1-20(2)16(21)10-25-15-9-24-7-6-13(15)19-17(22)12-8-11(18)4-5-14(12)23-3/h4-5,8,13,15H,6-7,9-10H2,1-3H3,(H,19,22)/t13-,15-/m1/s1. The van der Waals surface area contributed by atoms with Gasteiger partial charge in [-0.05, 0) is 24.6 Å². The summed E-state index contributed by atoms with van der Waals surface area (Å²) in [5, 5.41) is 3.38. The summed E-state index contributed by atoms with van der Waals surface area (Å²) >= 11 is 5.98. The highest BCUT2D eigenvalue weighted by Crippen LogP contribution is 2.23. The van der Waals surface area contributed by atoms with Gasteiger partial charge < -0.3 is 24.4 Å². The van der Waals surface area contributed by atoms with Crippen LogP contribution in [0.15, 0.2) is 18.2 Å². The zero-order valence-corrected chi connectivity index (χ0v) is 15.3. The van der Waals surface area contributed by atoms with Gasteiger partial charge in [0, 0.05) is 25.7 Å². The Kier molecular flexibility index (Phi) is 7.04. The predicted molar refractivity (Wildman–Crippen MR) is 93.1 cm³/mol. The molecule has 1 aliphatic heterocycles. The van der Waals surface area contributed by atoms with Crippen molar-refractivity contribution in [3.05, 3.63) is 28.8 Å². The fourth-order valence-electron chi connectivity index (χ4n) is 2.45. The van der Waals surface area contributed by atoms with E-state index in [1.807, 2.05) is 0 Å². The van der Waals surface area contributed by atoms with E-state index in [4.69, 9.17) is 25.8 Å². The number of rotatable bonds is 6. The van der Waals surface area contributed by atoms with Gasteiger partial charge in [0.25, 0.3) is 5.91 Å². The molecule has 0 unspecified atom stereocenters. The lowest BCUT2D eigenvalue weighted by Crippen LogP contribution is -2.50. The second-order valence-electron chi connectivity index (χ2n) is 5.93. The summed E-state index contributed by atoms with van der Waals surface area (Å²) in [7, 11) is 4.81. The minimum Gasteiger partial charge on any atom is -0.496 e. The molecule has 1 heterocycles. The molecule has 1 aromatic carbocycles. The molecule has 8 heteroatoms. The summed E-state index contributed by atoms with van der Waals surface area (Å²) in [5.74, 6) is -0.0137. The van der Waals surface area contributed by atoms with Crippen molar-refractivity contribution in [2.75, 3.05) is 41.0 Å². The van der Waals surface area contributed by atoms with Crippen molar-refractivity contribution in [1.82, 2.24) is 10.2 Å². The van der Waals surface area contributed by atoms with Gasteiger partial charge in [0.05, 0.1) is 25.3 Å². The molecular weight excluding hydrogens is 348 g/mol. The Bertz CT molecular complexity index is 623. The maximum Gasteiger partial charge on any atom is 0.255 e. The molecule has 2 rings (SSSR count). The van der Waals surface area contributed by atoms with E-state index in [0.717, 1.165) is 0 Å². The van der Waals surface area contributed by atoms with Crippen LogP contribution >= 0.6 is 11.6 Å². The fraction of sp³-hybridized carbons (Fsp3) is 0.529. The van der Waals surface area contributed by atoms with Crippen LogP contribution in [0.2, 0.25) is 5.02 Å². The number of likely N-dealkylation sites (N-methyl/N-ethyl adjacent to an activating group) is 1. The number of benzene rings is 1. The van der Waals surface area contributed by atoms with Crippen LogP contribution in [-0.2, 0) is 14.3 Å². The Morgan fingerprint density at radius 2 is 2.16 bits per heavy atom. The first-order valence-electron chi connectivity index (χ1n) is 7.96. The zero-order chi connectivity index (χ0) is 18.4. The molecule has 0 aliphatic carbocycles. The molecule has 1 aliphatic rings. The van der Waals surface area contributed by atoms with Gasteiger partial charge in [-0.15, -0.1) is 0 Å². The highest BCUT2D eigenvalue weighted by Gasteiger charge is 2.29. The molecule has 0 saturated carbocycles. The van der Waals surface area contributed by atoms with Crippen molar-refractivity contribution in [1.29, 1.82) is 0 Å². The van der Waals surface area contributed by atoms with E-state index in [1.54, 1.807) is 32.3 Å². The van der Waals surface area contributed by atoms with Crippen molar-refractivity contribution in [3.63, 3.8) is 0 Å². The fourth-order valence-corrected chi connectivity index (χ4v) is 2.62. The number of halogens is 1. The van der Waals surface area contributed by atoms with E-state index in [-0.39, 0.29) is 24.5 Å². The number of nitrogens with one attached hydrogen (secondary N) is 1. The second kappa shape index (κ2) is 9.03. The summed E-state index contributed by atoms with van der Waals surface area (Å²) in [5.41, 5.74) is 0.351. The summed E-state index contributed by atoms with van der Waals surface area (Å²) in [6.45, 7) is 0.769. The molecule has 0 aromatic heterocycles. The zero-order valence-electron chi connectivity index (χ0n) is 14.6. The van der Waals surface area contributed by atoms with Crippen LogP contribution in [0.3, 0.4) is 0 Å². The molecule has 1 saturated heterocycles. The van der Waals surface area contributed by atoms with Gasteiger partial charge >= 0.3 is 0 Å². The first kappa shape index (κ1) is 19.5. The Balaban J connectivity index is 2.04. The van der Waals surface area contributed by atoms with Gasteiger partial charge in [-0.2, -0.15) is 0 Å². The van der Waals surface area contributed by atoms with E-state index >= 15 is 0 Å². The van der Waals surface area contributed by atoms with Gasteiger partial charge in [-0.25, -0.2) is 0 Å². The normalized spacial score (nSPS) is 20.0. The van der Waals surface area contributed by atoms with Gasteiger partial charge in [-0.1, -0.05) is 11.6 Å². The Morgan fingerprint density at radius 1 is 1.40 bits per heavy atom. The SMILES string of the molecule is COc1ccc(Cl)cc1C(=O)N[C@@H]1CCOC[C@H]1OCC(=O)N(C)C. The molecule has 2 atom stereocenters. The topological polar surface area (TPSA) is 77.1 Å². The second-order valence-corrected chi connectivity index (χ2v) is 6.36.